The first kappa shape index (κ1) is 26.4. The number of carbonyl (C=O) groups is 4. The van der Waals surface area contributed by atoms with Crippen LogP contribution in [0, 0.1) is 5.92 Å². The van der Waals surface area contributed by atoms with Crippen LogP contribution in [-0.4, -0.2) is 59.9 Å². The van der Waals surface area contributed by atoms with E-state index in [0.717, 1.165) is 23.4 Å². The highest BCUT2D eigenvalue weighted by Gasteiger charge is 2.31. The zero-order valence-corrected chi connectivity index (χ0v) is 22.2. The monoisotopic (exact) mass is 546 g/mol. The number of thiophene rings is 1. The maximum absolute atomic E-state index is 13.2. The summed E-state index contributed by atoms with van der Waals surface area (Å²) in [7, 11) is 0. The molecule has 2 aromatic carbocycles. The second-order valence-electron chi connectivity index (χ2n) is 9.78. The molecule has 1 unspecified atom stereocenters. The molecule has 9 nitrogen and oxygen atoms in total. The van der Waals surface area contributed by atoms with E-state index in [1.165, 1.54) is 11.3 Å². The highest BCUT2D eigenvalue weighted by atomic mass is 32.1. The maximum atomic E-state index is 13.2. The van der Waals surface area contributed by atoms with Crippen LogP contribution >= 0.6 is 11.3 Å². The lowest BCUT2D eigenvalue weighted by atomic mass is 10.1. The Bertz CT molecular complexity index is 1350. The fourth-order valence-electron chi connectivity index (χ4n) is 4.68. The van der Waals surface area contributed by atoms with Gasteiger partial charge in [-0.05, 0) is 54.6 Å². The van der Waals surface area contributed by atoms with Crippen LogP contribution in [-0.2, 0) is 9.59 Å². The molecule has 0 spiro atoms. The van der Waals surface area contributed by atoms with Gasteiger partial charge in [0.05, 0.1) is 23.8 Å². The van der Waals surface area contributed by atoms with Gasteiger partial charge in [-0.15, -0.1) is 11.3 Å². The molecule has 2 heterocycles. The van der Waals surface area contributed by atoms with E-state index < -0.39 is 17.9 Å². The van der Waals surface area contributed by atoms with Gasteiger partial charge in [0.2, 0.25) is 5.91 Å². The molecule has 1 saturated carbocycles. The second-order valence-corrected chi connectivity index (χ2v) is 10.8. The number of nitrogens with one attached hydrogen (secondary N) is 2. The number of carboxylic acid groups (broad SMARTS) is 1. The fourth-order valence-corrected chi connectivity index (χ4v) is 5.45. The van der Waals surface area contributed by atoms with Gasteiger partial charge in [0, 0.05) is 48.1 Å². The van der Waals surface area contributed by atoms with E-state index >= 15 is 0 Å². The minimum atomic E-state index is -1.01. The summed E-state index contributed by atoms with van der Waals surface area (Å²) in [6.45, 7) is 2.22. The second kappa shape index (κ2) is 11.7. The lowest BCUT2D eigenvalue weighted by Gasteiger charge is -2.37. The molecule has 202 valence electrons. The first-order valence-corrected chi connectivity index (χ1v) is 13.9. The number of amides is 3. The predicted octanol–water partition coefficient (Wildman–Crippen LogP) is 4.00. The van der Waals surface area contributed by atoms with Crippen LogP contribution in [0.5, 0.6) is 0 Å². The van der Waals surface area contributed by atoms with Crippen molar-refractivity contribution in [3.05, 3.63) is 82.0 Å². The zero-order valence-electron chi connectivity index (χ0n) is 21.3. The van der Waals surface area contributed by atoms with E-state index in [2.05, 4.69) is 15.5 Å². The standard InChI is InChI=1S/C29H30N4O5S/c34-26(35)18-23(25-7-4-16-39-25)31-28(37)21-10-11-24(22(17-21)30-27(36)19-8-9-19)32-12-14-33(15-13-32)29(38)20-5-2-1-3-6-20/h1-7,10-11,16-17,19,23H,8-9,12-15,18H2,(H,30,36)(H,31,37)(H,34,35). The Labute approximate surface area is 230 Å². The number of aliphatic carboxylic acids is 1. The van der Waals surface area contributed by atoms with Gasteiger partial charge in [-0.2, -0.15) is 0 Å². The number of hydrogen-bond acceptors (Lipinski definition) is 6. The molecule has 3 amide bonds. The van der Waals surface area contributed by atoms with E-state index in [0.29, 0.717) is 43.0 Å². The number of carbonyl (C=O) groups excluding carboxylic acids is 3. The van der Waals surface area contributed by atoms with E-state index in [1.807, 2.05) is 52.7 Å². The molecular weight excluding hydrogens is 516 g/mol. The van der Waals surface area contributed by atoms with Gasteiger partial charge in [0.25, 0.3) is 11.8 Å². The third kappa shape index (κ3) is 6.46. The Morgan fingerprint density at radius 3 is 2.31 bits per heavy atom. The molecule has 1 saturated heterocycles. The summed E-state index contributed by atoms with van der Waals surface area (Å²) >= 11 is 1.38. The van der Waals surface area contributed by atoms with Crippen molar-refractivity contribution >= 4 is 46.4 Å². The van der Waals surface area contributed by atoms with Crippen LogP contribution < -0.4 is 15.5 Å². The Kier molecular flexibility index (Phi) is 7.92. The molecule has 3 aromatic rings. The first-order chi connectivity index (χ1) is 18.9. The van der Waals surface area contributed by atoms with Gasteiger partial charge in [0.15, 0.2) is 0 Å². The highest BCUT2D eigenvalue weighted by molar-refractivity contribution is 7.10. The van der Waals surface area contributed by atoms with Crippen molar-refractivity contribution in [3.63, 3.8) is 0 Å². The fraction of sp³-hybridized carbons (Fsp3) is 0.310. The van der Waals surface area contributed by atoms with E-state index in [-0.39, 0.29) is 24.2 Å². The molecular formula is C29H30N4O5S. The number of anilines is 2. The topological polar surface area (TPSA) is 119 Å². The van der Waals surface area contributed by atoms with Crippen molar-refractivity contribution in [3.8, 4) is 0 Å². The van der Waals surface area contributed by atoms with Crippen molar-refractivity contribution in [1.82, 2.24) is 10.2 Å². The van der Waals surface area contributed by atoms with Crippen molar-refractivity contribution in [2.24, 2.45) is 5.92 Å². The van der Waals surface area contributed by atoms with Crippen LogP contribution in [0.2, 0.25) is 0 Å². The molecule has 10 heteroatoms. The summed E-state index contributed by atoms with van der Waals surface area (Å²) in [5.41, 5.74) is 2.30. The lowest BCUT2D eigenvalue weighted by molar-refractivity contribution is -0.137. The molecule has 1 aliphatic heterocycles. The number of piperazine rings is 1. The Morgan fingerprint density at radius 1 is 0.923 bits per heavy atom. The molecule has 1 atom stereocenters. The van der Waals surface area contributed by atoms with Gasteiger partial charge < -0.3 is 25.5 Å². The molecule has 2 fully saturated rings. The summed E-state index contributed by atoms with van der Waals surface area (Å²) < 4.78 is 0. The third-order valence-electron chi connectivity index (χ3n) is 6.96. The summed E-state index contributed by atoms with van der Waals surface area (Å²) in [5.74, 6) is -1.53. The van der Waals surface area contributed by atoms with E-state index in [9.17, 15) is 24.3 Å². The van der Waals surface area contributed by atoms with Gasteiger partial charge in [0.1, 0.15) is 0 Å². The Hall–Kier alpha value is -4.18. The van der Waals surface area contributed by atoms with Crippen LogP contribution in [0.4, 0.5) is 11.4 Å². The average Bonchev–Trinajstić information content (AvgIpc) is 3.66. The quantitative estimate of drug-likeness (QED) is 0.373. The first-order valence-electron chi connectivity index (χ1n) is 13.0. The average molecular weight is 547 g/mol. The number of hydrogen-bond donors (Lipinski definition) is 3. The zero-order chi connectivity index (χ0) is 27.4. The molecule has 3 N–H and O–H groups in total. The van der Waals surface area contributed by atoms with E-state index in [4.69, 9.17) is 0 Å². The van der Waals surface area contributed by atoms with Crippen LogP contribution in [0.25, 0.3) is 0 Å². The number of benzene rings is 2. The largest absolute Gasteiger partial charge is 0.481 e. The third-order valence-corrected chi connectivity index (χ3v) is 7.95. The number of carboxylic acids is 1. The molecule has 0 bridgehead atoms. The van der Waals surface area contributed by atoms with Gasteiger partial charge >= 0.3 is 5.97 Å². The minimum Gasteiger partial charge on any atom is -0.481 e. The molecule has 2 aliphatic rings. The van der Waals surface area contributed by atoms with Gasteiger partial charge in [-0.1, -0.05) is 24.3 Å². The van der Waals surface area contributed by atoms with Crippen LogP contribution in [0.15, 0.2) is 66.0 Å². The summed E-state index contributed by atoms with van der Waals surface area (Å²) in [6.07, 6.45) is 1.46. The lowest BCUT2D eigenvalue weighted by Crippen LogP contribution is -2.49. The number of nitrogens with zero attached hydrogens (tertiary/aromatic N) is 2. The Morgan fingerprint density at radius 2 is 1.67 bits per heavy atom. The van der Waals surface area contributed by atoms with Gasteiger partial charge in [-0.3, -0.25) is 19.2 Å². The van der Waals surface area contributed by atoms with Crippen LogP contribution in [0.3, 0.4) is 0 Å². The van der Waals surface area contributed by atoms with Crippen LogP contribution in [0.1, 0.15) is 50.9 Å². The minimum absolute atomic E-state index is 0.00816. The summed E-state index contributed by atoms with van der Waals surface area (Å²) in [5, 5.41) is 17.0. The van der Waals surface area contributed by atoms with Crippen molar-refractivity contribution < 1.29 is 24.3 Å². The van der Waals surface area contributed by atoms with Gasteiger partial charge in [-0.25, -0.2) is 0 Å². The van der Waals surface area contributed by atoms with Crippen molar-refractivity contribution in [2.75, 3.05) is 36.4 Å². The molecule has 1 aromatic heterocycles. The molecule has 39 heavy (non-hydrogen) atoms. The molecule has 1 aliphatic carbocycles. The summed E-state index contributed by atoms with van der Waals surface area (Å²) in [4.78, 5) is 54.8. The highest BCUT2D eigenvalue weighted by Crippen LogP contribution is 2.34. The maximum Gasteiger partial charge on any atom is 0.305 e. The summed E-state index contributed by atoms with van der Waals surface area (Å²) in [6, 6.07) is 17.3. The van der Waals surface area contributed by atoms with E-state index in [1.54, 1.807) is 18.2 Å². The SMILES string of the molecule is O=C(O)CC(NC(=O)c1ccc(N2CCN(C(=O)c3ccccc3)CC2)c(NC(=O)C2CC2)c1)c1cccs1. The molecule has 5 rings (SSSR count). The number of rotatable bonds is 9. The predicted molar refractivity (Wildman–Crippen MR) is 149 cm³/mol. The Balaban J connectivity index is 1.33. The van der Waals surface area contributed by atoms with Crippen molar-refractivity contribution in [1.29, 1.82) is 0 Å². The van der Waals surface area contributed by atoms with Crippen molar-refractivity contribution in [2.45, 2.75) is 25.3 Å². The normalized spacial score (nSPS) is 15.9. The smallest absolute Gasteiger partial charge is 0.305 e. The molecule has 0 radical (unpaired) electrons.